The van der Waals surface area contributed by atoms with Crippen molar-refractivity contribution in [2.75, 3.05) is 11.1 Å². The second kappa shape index (κ2) is 6.45. The molecule has 4 nitrogen and oxygen atoms in total. The van der Waals surface area contributed by atoms with Crippen LogP contribution in [0.4, 0.5) is 16.2 Å². The number of anilines is 2. The van der Waals surface area contributed by atoms with Crippen molar-refractivity contribution in [2.24, 2.45) is 5.92 Å². The molecular weight excluding hydrogens is 238 g/mol. The molecule has 0 radical (unpaired) electrons. The van der Waals surface area contributed by atoms with E-state index < -0.39 is 0 Å². The molecule has 0 aromatic heterocycles. The molecule has 2 amide bonds. The summed E-state index contributed by atoms with van der Waals surface area (Å²) in [6.45, 7) is 2.22. The summed E-state index contributed by atoms with van der Waals surface area (Å²) in [5.74, 6) is 0.550. The fraction of sp³-hybridized carbons (Fsp3) is 0.533. The number of nitrogens with one attached hydrogen (secondary N) is 2. The van der Waals surface area contributed by atoms with Crippen LogP contribution in [0, 0.1) is 5.92 Å². The van der Waals surface area contributed by atoms with E-state index in [4.69, 9.17) is 5.73 Å². The minimum atomic E-state index is -0.135. The lowest BCUT2D eigenvalue weighted by atomic mass is 9.97. The first-order chi connectivity index (χ1) is 9.15. The van der Waals surface area contributed by atoms with Crippen molar-refractivity contribution < 1.29 is 4.79 Å². The van der Waals surface area contributed by atoms with E-state index in [-0.39, 0.29) is 12.1 Å². The third-order valence-corrected chi connectivity index (χ3v) is 3.82. The SMILES string of the molecule is CC1CCCCCC1NC(=O)Nc1cccc(N)c1. The van der Waals surface area contributed by atoms with Crippen molar-refractivity contribution in [1.29, 1.82) is 0 Å². The lowest BCUT2D eigenvalue weighted by Crippen LogP contribution is -2.41. The molecule has 0 bridgehead atoms. The number of hydrogen-bond donors (Lipinski definition) is 3. The largest absolute Gasteiger partial charge is 0.399 e. The lowest BCUT2D eigenvalue weighted by Gasteiger charge is -2.23. The predicted molar refractivity (Wildman–Crippen MR) is 79.0 cm³/mol. The second-order valence-electron chi connectivity index (χ2n) is 5.45. The molecule has 2 unspecified atom stereocenters. The maximum absolute atomic E-state index is 12.0. The minimum Gasteiger partial charge on any atom is -0.399 e. The van der Waals surface area contributed by atoms with Gasteiger partial charge in [-0.1, -0.05) is 32.3 Å². The van der Waals surface area contributed by atoms with E-state index in [0.717, 1.165) is 12.1 Å². The monoisotopic (exact) mass is 261 g/mol. The van der Waals surface area contributed by atoms with Gasteiger partial charge in [0.1, 0.15) is 0 Å². The van der Waals surface area contributed by atoms with Gasteiger partial charge in [-0.15, -0.1) is 0 Å². The first kappa shape index (κ1) is 13.7. The van der Waals surface area contributed by atoms with E-state index >= 15 is 0 Å². The molecule has 2 rings (SSSR count). The number of rotatable bonds is 2. The molecule has 4 N–H and O–H groups in total. The molecule has 2 atom stereocenters. The number of hydrogen-bond acceptors (Lipinski definition) is 2. The van der Waals surface area contributed by atoms with Gasteiger partial charge in [-0.25, -0.2) is 4.79 Å². The van der Waals surface area contributed by atoms with Crippen LogP contribution in [0.15, 0.2) is 24.3 Å². The van der Waals surface area contributed by atoms with Gasteiger partial charge in [0, 0.05) is 17.4 Å². The molecule has 1 fully saturated rings. The van der Waals surface area contributed by atoms with E-state index in [2.05, 4.69) is 17.6 Å². The Morgan fingerprint density at radius 2 is 2.05 bits per heavy atom. The molecule has 1 aromatic carbocycles. The van der Waals surface area contributed by atoms with Crippen LogP contribution in [-0.4, -0.2) is 12.1 Å². The van der Waals surface area contributed by atoms with Gasteiger partial charge in [-0.3, -0.25) is 0 Å². The molecule has 104 valence electrons. The van der Waals surface area contributed by atoms with Gasteiger partial charge < -0.3 is 16.4 Å². The lowest BCUT2D eigenvalue weighted by molar-refractivity contribution is 0.242. The Kier molecular flexibility index (Phi) is 4.66. The summed E-state index contributed by atoms with van der Waals surface area (Å²) in [5, 5.41) is 5.93. The minimum absolute atomic E-state index is 0.135. The number of nitrogens with two attached hydrogens (primary N) is 1. The van der Waals surface area contributed by atoms with Crippen LogP contribution in [0.25, 0.3) is 0 Å². The molecule has 1 aliphatic rings. The van der Waals surface area contributed by atoms with E-state index in [1.54, 1.807) is 12.1 Å². The number of carbonyl (C=O) groups excluding carboxylic acids is 1. The van der Waals surface area contributed by atoms with Crippen molar-refractivity contribution in [3.8, 4) is 0 Å². The normalized spacial score (nSPS) is 23.4. The Balaban J connectivity index is 1.89. The van der Waals surface area contributed by atoms with E-state index in [9.17, 15) is 4.79 Å². The van der Waals surface area contributed by atoms with Crippen LogP contribution in [0.3, 0.4) is 0 Å². The molecule has 0 spiro atoms. The third-order valence-electron chi connectivity index (χ3n) is 3.82. The average molecular weight is 261 g/mol. The Morgan fingerprint density at radius 1 is 1.26 bits per heavy atom. The number of nitrogen functional groups attached to an aromatic ring is 1. The van der Waals surface area contributed by atoms with Crippen LogP contribution in [0.1, 0.15) is 39.0 Å². The van der Waals surface area contributed by atoms with Gasteiger partial charge in [0.15, 0.2) is 0 Å². The Hall–Kier alpha value is -1.71. The Labute approximate surface area is 114 Å². The zero-order chi connectivity index (χ0) is 13.7. The number of amides is 2. The van der Waals surface area contributed by atoms with Crippen molar-refractivity contribution in [3.63, 3.8) is 0 Å². The Bertz CT molecular complexity index is 433. The fourth-order valence-corrected chi connectivity index (χ4v) is 2.66. The van der Waals surface area contributed by atoms with Crippen molar-refractivity contribution in [3.05, 3.63) is 24.3 Å². The summed E-state index contributed by atoms with van der Waals surface area (Å²) >= 11 is 0. The Morgan fingerprint density at radius 3 is 2.84 bits per heavy atom. The second-order valence-corrected chi connectivity index (χ2v) is 5.45. The average Bonchev–Trinajstić information content (AvgIpc) is 2.55. The molecule has 0 aliphatic heterocycles. The highest BCUT2D eigenvalue weighted by molar-refractivity contribution is 5.89. The third kappa shape index (κ3) is 4.16. The molecule has 4 heteroatoms. The summed E-state index contributed by atoms with van der Waals surface area (Å²) < 4.78 is 0. The highest BCUT2D eigenvalue weighted by Crippen LogP contribution is 2.23. The summed E-state index contributed by atoms with van der Waals surface area (Å²) in [6.07, 6.45) is 6.03. The zero-order valence-electron chi connectivity index (χ0n) is 11.5. The van der Waals surface area contributed by atoms with Gasteiger partial charge >= 0.3 is 6.03 Å². The molecule has 1 aromatic rings. The van der Waals surface area contributed by atoms with Gasteiger partial charge in [0.05, 0.1) is 0 Å². The van der Waals surface area contributed by atoms with Crippen LogP contribution in [0.5, 0.6) is 0 Å². The summed E-state index contributed by atoms with van der Waals surface area (Å²) in [6, 6.07) is 7.38. The van der Waals surface area contributed by atoms with Crippen molar-refractivity contribution in [1.82, 2.24) is 5.32 Å². The quantitative estimate of drug-likeness (QED) is 0.564. The van der Waals surface area contributed by atoms with Crippen LogP contribution in [-0.2, 0) is 0 Å². The zero-order valence-corrected chi connectivity index (χ0v) is 11.5. The number of benzene rings is 1. The smallest absolute Gasteiger partial charge is 0.319 e. The molecule has 0 heterocycles. The first-order valence-electron chi connectivity index (χ1n) is 7.08. The topological polar surface area (TPSA) is 67.2 Å². The number of urea groups is 1. The fourth-order valence-electron chi connectivity index (χ4n) is 2.66. The van der Waals surface area contributed by atoms with E-state index in [1.807, 2.05) is 12.1 Å². The van der Waals surface area contributed by atoms with E-state index in [1.165, 1.54) is 25.7 Å². The highest BCUT2D eigenvalue weighted by atomic mass is 16.2. The molecule has 1 aliphatic carbocycles. The highest BCUT2D eigenvalue weighted by Gasteiger charge is 2.21. The van der Waals surface area contributed by atoms with Crippen LogP contribution < -0.4 is 16.4 Å². The predicted octanol–water partition coefficient (Wildman–Crippen LogP) is 3.36. The molecule has 19 heavy (non-hydrogen) atoms. The molecule has 0 saturated heterocycles. The number of carbonyl (C=O) groups is 1. The molecular formula is C15H23N3O. The summed E-state index contributed by atoms with van der Waals surface area (Å²) in [7, 11) is 0. The van der Waals surface area contributed by atoms with Crippen LogP contribution in [0.2, 0.25) is 0 Å². The standard InChI is InChI=1S/C15H23N3O/c1-11-6-3-2-4-9-14(11)18-15(19)17-13-8-5-7-12(16)10-13/h5,7-8,10-11,14H,2-4,6,9,16H2,1H3,(H2,17,18,19). The van der Waals surface area contributed by atoms with Crippen molar-refractivity contribution in [2.45, 2.75) is 45.1 Å². The van der Waals surface area contributed by atoms with Gasteiger partial charge in [0.2, 0.25) is 0 Å². The van der Waals surface area contributed by atoms with Gasteiger partial charge in [-0.2, -0.15) is 0 Å². The van der Waals surface area contributed by atoms with E-state index in [0.29, 0.717) is 11.6 Å². The van der Waals surface area contributed by atoms with Crippen LogP contribution >= 0.6 is 0 Å². The molecule has 1 saturated carbocycles. The summed E-state index contributed by atoms with van der Waals surface area (Å²) in [5.41, 5.74) is 7.08. The maximum atomic E-state index is 12.0. The van der Waals surface area contributed by atoms with Gasteiger partial charge in [0.25, 0.3) is 0 Å². The summed E-state index contributed by atoms with van der Waals surface area (Å²) in [4.78, 5) is 12.0. The maximum Gasteiger partial charge on any atom is 0.319 e. The van der Waals surface area contributed by atoms with Crippen molar-refractivity contribution >= 4 is 17.4 Å². The first-order valence-corrected chi connectivity index (χ1v) is 7.08. The van der Waals surface area contributed by atoms with Gasteiger partial charge in [-0.05, 0) is 37.0 Å².